The van der Waals surface area contributed by atoms with Crippen LogP contribution in [0.25, 0.3) is 0 Å². The van der Waals surface area contributed by atoms with E-state index >= 15 is 0 Å². The summed E-state index contributed by atoms with van der Waals surface area (Å²) in [5.41, 5.74) is 1.80. The van der Waals surface area contributed by atoms with Crippen molar-refractivity contribution in [1.29, 1.82) is 0 Å². The number of hydrogen-bond donors (Lipinski definition) is 1. The molecule has 1 aromatic heterocycles. The van der Waals surface area contributed by atoms with E-state index in [1.54, 1.807) is 0 Å². The van der Waals surface area contributed by atoms with Crippen molar-refractivity contribution >= 4 is 0 Å². The van der Waals surface area contributed by atoms with Gasteiger partial charge in [-0.1, -0.05) is 0 Å². The van der Waals surface area contributed by atoms with E-state index in [1.807, 2.05) is 6.33 Å². The van der Waals surface area contributed by atoms with Gasteiger partial charge in [0.15, 0.2) is 0 Å². The Morgan fingerprint density at radius 2 is 2.33 bits per heavy atom. The predicted octanol–water partition coefficient (Wildman–Crippen LogP) is 1.44. The number of imidazole rings is 1. The van der Waals surface area contributed by atoms with Crippen LogP contribution >= 0.6 is 0 Å². The molecule has 1 aliphatic carbocycles. The Morgan fingerprint density at radius 3 is 2.89 bits per heavy atom. The summed E-state index contributed by atoms with van der Waals surface area (Å²) in [6, 6.07) is 0. The van der Waals surface area contributed by atoms with Crippen LogP contribution in [0.2, 0.25) is 0 Å². The van der Waals surface area contributed by atoms with E-state index in [9.17, 15) is 0 Å². The zero-order valence-electron chi connectivity index (χ0n) is 11.5. The molecule has 2 aliphatic rings. The highest BCUT2D eigenvalue weighted by Crippen LogP contribution is 2.38. The molecule has 100 valence electrons. The van der Waals surface area contributed by atoms with Crippen molar-refractivity contribution in [2.45, 2.75) is 43.7 Å². The minimum Gasteiger partial charge on any atom is -0.332 e. The van der Waals surface area contributed by atoms with Gasteiger partial charge in [0.05, 0.1) is 6.33 Å². The van der Waals surface area contributed by atoms with Crippen molar-refractivity contribution < 1.29 is 0 Å². The molecule has 1 unspecified atom stereocenters. The first kappa shape index (κ1) is 12.2. The smallest absolute Gasteiger partial charge is 0.0948 e. The lowest BCUT2D eigenvalue weighted by molar-refractivity contribution is 0.0414. The minimum absolute atomic E-state index is 0.376. The van der Waals surface area contributed by atoms with E-state index < -0.39 is 0 Å². The Hall–Kier alpha value is -0.870. The molecule has 1 aromatic rings. The molecule has 3 rings (SSSR count). The minimum atomic E-state index is 0.376. The second-order valence-corrected chi connectivity index (χ2v) is 6.11. The summed E-state index contributed by atoms with van der Waals surface area (Å²) in [7, 11) is 4.43. The third-order valence-electron chi connectivity index (χ3n) is 4.92. The molecule has 1 atom stereocenters. The summed E-state index contributed by atoms with van der Waals surface area (Å²) in [6.07, 6.45) is 9.35. The summed E-state index contributed by atoms with van der Waals surface area (Å²) in [6.45, 7) is 3.36. The van der Waals surface area contributed by atoms with Gasteiger partial charge in [-0.3, -0.25) is 0 Å². The molecule has 0 spiro atoms. The molecule has 1 N–H and O–H groups in total. The molecular weight excluding hydrogens is 224 g/mol. The van der Waals surface area contributed by atoms with Gasteiger partial charge in [-0.15, -0.1) is 0 Å². The van der Waals surface area contributed by atoms with Crippen molar-refractivity contribution in [2.75, 3.05) is 27.2 Å². The van der Waals surface area contributed by atoms with Crippen LogP contribution < -0.4 is 5.32 Å². The molecule has 0 radical (unpaired) electrons. The summed E-state index contributed by atoms with van der Waals surface area (Å²) >= 11 is 0. The van der Waals surface area contributed by atoms with E-state index in [2.05, 4.69) is 40.1 Å². The van der Waals surface area contributed by atoms with Gasteiger partial charge in [-0.25, -0.2) is 4.98 Å². The molecule has 4 heteroatoms. The molecule has 18 heavy (non-hydrogen) atoms. The molecular formula is C14H24N4. The molecule has 1 aliphatic heterocycles. The average molecular weight is 248 g/mol. The second kappa shape index (κ2) is 4.67. The van der Waals surface area contributed by atoms with Crippen LogP contribution in [0.5, 0.6) is 0 Å². The van der Waals surface area contributed by atoms with Crippen LogP contribution in [0.1, 0.15) is 37.3 Å². The first-order valence-electron chi connectivity index (χ1n) is 7.09. The predicted molar refractivity (Wildman–Crippen MR) is 72.7 cm³/mol. The van der Waals surface area contributed by atoms with Gasteiger partial charge in [0.2, 0.25) is 0 Å². The Bertz CT molecular complexity index is 400. The highest BCUT2D eigenvalue weighted by Gasteiger charge is 2.40. The molecule has 2 heterocycles. The summed E-state index contributed by atoms with van der Waals surface area (Å²) in [5.74, 6) is 0.659. The summed E-state index contributed by atoms with van der Waals surface area (Å²) < 4.78 is 2.40. The fourth-order valence-electron chi connectivity index (χ4n) is 3.36. The zero-order valence-corrected chi connectivity index (χ0v) is 11.5. The SMILES string of the molecule is CN(C)C1(Cn2cncc2C2CCNC2)CCC1. The third-order valence-corrected chi connectivity index (χ3v) is 4.92. The topological polar surface area (TPSA) is 33.1 Å². The lowest BCUT2D eigenvalue weighted by atomic mass is 9.75. The number of likely N-dealkylation sites (N-methyl/N-ethyl adjacent to an activating group) is 1. The fraction of sp³-hybridized carbons (Fsp3) is 0.786. The quantitative estimate of drug-likeness (QED) is 0.875. The fourth-order valence-corrected chi connectivity index (χ4v) is 3.36. The standard InChI is InChI=1S/C14H24N4/c1-17(2)14(5-3-6-14)10-18-11-16-9-13(18)12-4-7-15-8-12/h9,11-12,15H,3-8,10H2,1-2H3. The second-order valence-electron chi connectivity index (χ2n) is 6.11. The lowest BCUT2D eigenvalue weighted by Crippen LogP contribution is -2.53. The van der Waals surface area contributed by atoms with Crippen LogP contribution in [0.15, 0.2) is 12.5 Å². The summed E-state index contributed by atoms with van der Waals surface area (Å²) in [4.78, 5) is 6.80. The van der Waals surface area contributed by atoms with E-state index in [-0.39, 0.29) is 0 Å². The van der Waals surface area contributed by atoms with E-state index in [0.717, 1.165) is 19.6 Å². The Kier molecular flexibility index (Phi) is 3.16. The van der Waals surface area contributed by atoms with Gasteiger partial charge in [-0.05, 0) is 46.3 Å². The van der Waals surface area contributed by atoms with Gasteiger partial charge >= 0.3 is 0 Å². The third kappa shape index (κ3) is 1.97. The number of nitrogens with one attached hydrogen (secondary N) is 1. The van der Waals surface area contributed by atoms with Crippen molar-refractivity contribution in [2.24, 2.45) is 0 Å². The maximum absolute atomic E-state index is 4.39. The number of rotatable bonds is 4. The van der Waals surface area contributed by atoms with Crippen molar-refractivity contribution in [3.05, 3.63) is 18.2 Å². The highest BCUT2D eigenvalue weighted by atomic mass is 15.2. The molecule has 0 bridgehead atoms. The van der Waals surface area contributed by atoms with Crippen LogP contribution in [0.3, 0.4) is 0 Å². The first-order chi connectivity index (χ1) is 8.71. The molecule has 1 saturated carbocycles. The molecule has 2 fully saturated rings. The van der Waals surface area contributed by atoms with Crippen LogP contribution in [-0.2, 0) is 6.54 Å². The van der Waals surface area contributed by atoms with Gasteiger partial charge in [-0.2, -0.15) is 0 Å². The maximum atomic E-state index is 4.39. The van der Waals surface area contributed by atoms with Crippen molar-refractivity contribution in [3.8, 4) is 0 Å². The molecule has 1 saturated heterocycles. The lowest BCUT2D eigenvalue weighted by Gasteiger charge is -2.47. The molecule has 4 nitrogen and oxygen atoms in total. The monoisotopic (exact) mass is 248 g/mol. The number of hydrogen-bond acceptors (Lipinski definition) is 3. The zero-order chi connectivity index (χ0) is 12.6. The van der Waals surface area contributed by atoms with Crippen molar-refractivity contribution in [1.82, 2.24) is 19.8 Å². The maximum Gasteiger partial charge on any atom is 0.0948 e. The largest absolute Gasteiger partial charge is 0.332 e. The van der Waals surface area contributed by atoms with E-state index in [1.165, 1.54) is 31.4 Å². The van der Waals surface area contributed by atoms with Crippen molar-refractivity contribution in [3.63, 3.8) is 0 Å². The van der Waals surface area contributed by atoms with Gasteiger partial charge in [0, 0.05) is 36.4 Å². The number of aromatic nitrogens is 2. The van der Waals surface area contributed by atoms with E-state index in [0.29, 0.717) is 11.5 Å². The molecule has 0 aromatic carbocycles. The normalized spacial score (nSPS) is 26.5. The summed E-state index contributed by atoms with van der Waals surface area (Å²) in [5, 5.41) is 3.45. The van der Waals surface area contributed by atoms with Gasteiger partial charge in [0.1, 0.15) is 0 Å². The molecule has 0 amide bonds. The Morgan fingerprint density at radius 1 is 1.50 bits per heavy atom. The highest BCUT2D eigenvalue weighted by molar-refractivity contribution is 5.11. The van der Waals surface area contributed by atoms with Crippen LogP contribution in [-0.4, -0.2) is 47.2 Å². The average Bonchev–Trinajstić information content (AvgIpc) is 2.93. The number of nitrogens with zero attached hydrogens (tertiary/aromatic N) is 3. The van der Waals surface area contributed by atoms with Crippen LogP contribution in [0, 0.1) is 0 Å². The van der Waals surface area contributed by atoms with Crippen LogP contribution in [0.4, 0.5) is 0 Å². The van der Waals surface area contributed by atoms with Gasteiger partial charge < -0.3 is 14.8 Å². The first-order valence-corrected chi connectivity index (χ1v) is 7.09. The Labute approximate surface area is 109 Å². The Balaban J connectivity index is 1.78. The van der Waals surface area contributed by atoms with Gasteiger partial charge in [0.25, 0.3) is 0 Å². The van der Waals surface area contributed by atoms with E-state index in [4.69, 9.17) is 0 Å².